The Morgan fingerprint density at radius 3 is 2.79 bits per heavy atom. The molecule has 0 unspecified atom stereocenters. The Morgan fingerprint density at radius 2 is 1.96 bits per heavy atom. The second kappa shape index (κ2) is 8.48. The van der Waals surface area contributed by atoms with Crippen LogP contribution >= 0.6 is 0 Å². The van der Waals surface area contributed by atoms with Gasteiger partial charge in [0, 0.05) is 45.1 Å². The molecule has 2 N–H and O–H groups in total. The van der Waals surface area contributed by atoms with E-state index in [4.69, 9.17) is 0 Å². The van der Waals surface area contributed by atoms with Crippen molar-refractivity contribution in [1.82, 2.24) is 20.3 Å². The Morgan fingerprint density at radius 1 is 1.14 bits per heavy atom. The van der Waals surface area contributed by atoms with E-state index in [2.05, 4.69) is 43.5 Å². The summed E-state index contributed by atoms with van der Waals surface area (Å²) in [6, 6.07) is 4.22. The minimum absolute atomic E-state index is 0.289. The molecule has 0 saturated carbocycles. The maximum atomic E-state index is 14.6. The summed E-state index contributed by atoms with van der Waals surface area (Å²) in [4.78, 5) is 15.1. The van der Waals surface area contributed by atoms with E-state index in [0.29, 0.717) is 12.2 Å². The lowest BCUT2D eigenvalue weighted by molar-refractivity contribution is 0.564. The summed E-state index contributed by atoms with van der Waals surface area (Å²) in [7, 11) is 0. The summed E-state index contributed by atoms with van der Waals surface area (Å²) in [6.07, 6.45) is 8.44. The minimum atomic E-state index is -0.289. The number of aromatic nitrogens is 3. The van der Waals surface area contributed by atoms with Crippen molar-refractivity contribution in [3.8, 4) is 0 Å². The van der Waals surface area contributed by atoms with E-state index in [1.165, 1.54) is 11.8 Å². The van der Waals surface area contributed by atoms with Crippen LogP contribution in [0.25, 0.3) is 11.0 Å². The van der Waals surface area contributed by atoms with Crippen molar-refractivity contribution in [2.75, 3.05) is 36.4 Å². The van der Waals surface area contributed by atoms with Gasteiger partial charge in [0.1, 0.15) is 0 Å². The number of pyridine rings is 1. The first-order valence-electron chi connectivity index (χ1n) is 9.82. The average Bonchev–Trinajstić information content (AvgIpc) is 2.73. The van der Waals surface area contributed by atoms with E-state index >= 15 is 0 Å². The molecule has 1 aromatic carbocycles. The number of nitrogens with one attached hydrogen (secondary N) is 2. The van der Waals surface area contributed by atoms with Crippen molar-refractivity contribution in [3.05, 3.63) is 53.9 Å². The quantitative estimate of drug-likeness (QED) is 0.685. The van der Waals surface area contributed by atoms with E-state index in [9.17, 15) is 4.39 Å². The van der Waals surface area contributed by atoms with Gasteiger partial charge in [-0.05, 0) is 23.6 Å². The number of hydrogen-bond acceptors (Lipinski definition) is 6. The molecule has 2 aromatic heterocycles. The highest BCUT2D eigenvalue weighted by Gasteiger charge is 2.19. The van der Waals surface area contributed by atoms with Crippen LogP contribution in [-0.2, 0) is 13.0 Å². The van der Waals surface area contributed by atoms with E-state index < -0.39 is 0 Å². The smallest absolute Gasteiger partial charge is 0.166 e. The molecular formula is C21H25FN6. The van der Waals surface area contributed by atoms with E-state index in [-0.39, 0.29) is 5.82 Å². The summed E-state index contributed by atoms with van der Waals surface area (Å²) in [5, 5.41) is 6.69. The Labute approximate surface area is 164 Å². The zero-order chi connectivity index (χ0) is 19.3. The van der Waals surface area contributed by atoms with Crippen molar-refractivity contribution in [3.63, 3.8) is 0 Å². The third kappa shape index (κ3) is 3.89. The van der Waals surface area contributed by atoms with Crippen LogP contribution in [0, 0.1) is 5.82 Å². The fourth-order valence-corrected chi connectivity index (χ4v) is 3.74. The lowest BCUT2D eigenvalue weighted by atomic mass is 10.0. The first kappa shape index (κ1) is 18.6. The Kier molecular flexibility index (Phi) is 5.62. The van der Waals surface area contributed by atoms with Gasteiger partial charge >= 0.3 is 0 Å². The van der Waals surface area contributed by atoms with Crippen LogP contribution in [0.15, 0.2) is 36.9 Å². The molecule has 4 rings (SSSR count). The highest BCUT2D eigenvalue weighted by atomic mass is 19.1. The Hall–Kier alpha value is -2.80. The number of aryl methyl sites for hydroxylation is 1. The monoisotopic (exact) mass is 380 g/mol. The third-order valence-corrected chi connectivity index (χ3v) is 5.02. The maximum absolute atomic E-state index is 14.6. The lowest BCUT2D eigenvalue weighted by Crippen LogP contribution is -2.44. The van der Waals surface area contributed by atoms with Gasteiger partial charge in [-0.1, -0.05) is 19.4 Å². The van der Waals surface area contributed by atoms with Crippen molar-refractivity contribution < 1.29 is 4.39 Å². The summed E-state index contributed by atoms with van der Waals surface area (Å²) < 4.78 is 14.6. The summed E-state index contributed by atoms with van der Waals surface area (Å²) in [5.74, 6) is -0.289. The lowest BCUT2D eigenvalue weighted by Gasteiger charge is -2.31. The van der Waals surface area contributed by atoms with E-state index in [1.807, 2.05) is 6.07 Å². The highest BCUT2D eigenvalue weighted by Crippen LogP contribution is 2.29. The van der Waals surface area contributed by atoms with Gasteiger partial charge in [-0.2, -0.15) is 0 Å². The predicted octanol–water partition coefficient (Wildman–Crippen LogP) is 3.14. The molecule has 0 amide bonds. The molecule has 3 heterocycles. The van der Waals surface area contributed by atoms with Gasteiger partial charge in [0.15, 0.2) is 5.82 Å². The molecule has 146 valence electrons. The van der Waals surface area contributed by atoms with Gasteiger partial charge in [-0.25, -0.2) is 4.39 Å². The fourth-order valence-electron chi connectivity index (χ4n) is 3.74. The Bertz CT molecular complexity index is 955. The normalized spacial score (nSPS) is 14.4. The van der Waals surface area contributed by atoms with Crippen molar-refractivity contribution in [1.29, 1.82) is 0 Å². The summed E-state index contributed by atoms with van der Waals surface area (Å²) in [6.45, 7) is 6.00. The highest BCUT2D eigenvalue weighted by molar-refractivity contribution is 5.79. The molecule has 0 radical (unpaired) electrons. The SMILES string of the molecule is CCCc1cc(CNc2cncc(F)c2N2CCNCC2)cc2nccnc12. The van der Waals surface area contributed by atoms with Crippen LogP contribution in [0.2, 0.25) is 0 Å². The van der Waals surface area contributed by atoms with Crippen LogP contribution in [0.1, 0.15) is 24.5 Å². The maximum Gasteiger partial charge on any atom is 0.166 e. The minimum Gasteiger partial charge on any atom is -0.378 e. The number of rotatable bonds is 6. The number of halogens is 1. The van der Waals surface area contributed by atoms with Crippen LogP contribution in [0.3, 0.4) is 0 Å². The molecular weight excluding hydrogens is 355 g/mol. The van der Waals surface area contributed by atoms with Gasteiger partial charge in [-0.15, -0.1) is 0 Å². The van der Waals surface area contributed by atoms with Crippen molar-refractivity contribution >= 4 is 22.4 Å². The molecule has 0 atom stereocenters. The van der Waals surface area contributed by atoms with Crippen molar-refractivity contribution in [2.45, 2.75) is 26.3 Å². The van der Waals surface area contributed by atoms with E-state index in [1.54, 1.807) is 18.6 Å². The molecule has 0 spiro atoms. The average molecular weight is 380 g/mol. The van der Waals surface area contributed by atoms with Gasteiger partial charge < -0.3 is 15.5 Å². The first-order chi connectivity index (χ1) is 13.8. The van der Waals surface area contributed by atoms with Crippen LogP contribution in [-0.4, -0.2) is 41.1 Å². The number of hydrogen-bond donors (Lipinski definition) is 2. The van der Waals surface area contributed by atoms with Gasteiger partial charge in [0.25, 0.3) is 0 Å². The molecule has 1 aliphatic heterocycles. The topological polar surface area (TPSA) is 66.0 Å². The van der Waals surface area contributed by atoms with E-state index in [0.717, 1.165) is 61.3 Å². The molecule has 28 heavy (non-hydrogen) atoms. The van der Waals surface area contributed by atoms with Crippen LogP contribution in [0.5, 0.6) is 0 Å². The molecule has 0 bridgehead atoms. The second-order valence-electron chi connectivity index (χ2n) is 7.04. The molecule has 1 fully saturated rings. The van der Waals surface area contributed by atoms with Crippen LogP contribution < -0.4 is 15.5 Å². The molecule has 1 aliphatic rings. The zero-order valence-corrected chi connectivity index (χ0v) is 16.1. The molecule has 1 saturated heterocycles. The molecule has 3 aromatic rings. The number of anilines is 2. The third-order valence-electron chi connectivity index (χ3n) is 5.02. The molecule has 6 nitrogen and oxygen atoms in total. The largest absolute Gasteiger partial charge is 0.378 e. The number of piperazine rings is 1. The summed E-state index contributed by atoms with van der Waals surface area (Å²) in [5.41, 5.74) is 5.48. The van der Waals surface area contributed by atoms with Gasteiger partial charge in [0.2, 0.25) is 0 Å². The molecule has 0 aliphatic carbocycles. The van der Waals surface area contributed by atoms with Gasteiger partial charge in [0.05, 0.1) is 34.8 Å². The second-order valence-corrected chi connectivity index (χ2v) is 7.04. The zero-order valence-electron chi connectivity index (χ0n) is 16.1. The fraction of sp³-hybridized carbons (Fsp3) is 0.381. The predicted molar refractivity (Wildman–Crippen MR) is 110 cm³/mol. The number of benzene rings is 1. The number of fused-ring (bicyclic) bond motifs is 1. The molecule has 7 heteroatoms. The van der Waals surface area contributed by atoms with Crippen LogP contribution in [0.4, 0.5) is 15.8 Å². The van der Waals surface area contributed by atoms with Gasteiger partial charge in [-0.3, -0.25) is 15.0 Å². The Balaban J connectivity index is 1.60. The number of nitrogens with zero attached hydrogens (tertiary/aromatic N) is 4. The first-order valence-corrected chi connectivity index (χ1v) is 9.82. The summed E-state index contributed by atoms with van der Waals surface area (Å²) >= 11 is 0. The standard InChI is InChI=1S/C21H25FN6/c1-2-3-16-10-15(11-18-20(16)26-5-4-25-18)12-27-19-14-24-13-17(22)21(19)28-8-6-23-7-9-28/h4-5,10-11,13-14,23,27H,2-3,6-9,12H2,1H3. The van der Waals surface area contributed by atoms with Crippen molar-refractivity contribution in [2.24, 2.45) is 0 Å².